The van der Waals surface area contributed by atoms with Gasteiger partial charge in [-0.05, 0) is 36.8 Å². The minimum atomic E-state index is -5.08. The molecule has 9 nitrogen and oxygen atoms in total. The summed E-state index contributed by atoms with van der Waals surface area (Å²) >= 11 is 0. The van der Waals surface area contributed by atoms with Gasteiger partial charge in [-0.1, -0.05) is 0 Å². The molecule has 3 aromatic heterocycles. The Morgan fingerprint density at radius 2 is 1.91 bits per heavy atom. The first-order chi connectivity index (χ1) is 15.2. The van der Waals surface area contributed by atoms with E-state index in [2.05, 4.69) is 20.0 Å². The van der Waals surface area contributed by atoms with Gasteiger partial charge < -0.3 is 19.3 Å². The van der Waals surface area contributed by atoms with Gasteiger partial charge in [0.2, 0.25) is 0 Å². The lowest BCUT2D eigenvalue weighted by Crippen LogP contribution is -2.38. The van der Waals surface area contributed by atoms with E-state index in [9.17, 15) is 18.0 Å². The van der Waals surface area contributed by atoms with Gasteiger partial charge >= 0.3 is 12.1 Å². The average molecular weight is 454 g/mol. The van der Waals surface area contributed by atoms with Crippen molar-refractivity contribution in [1.82, 2.24) is 20.0 Å². The third-order valence-electron chi connectivity index (χ3n) is 4.66. The molecule has 0 radical (unpaired) electrons. The Kier molecular flexibility index (Phi) is 7.36. The SMILES string of the molecule is O=C(NCCC1CN(Cc2ccco2)Cc2ccnn21)c1ccco1.O=C(O)C(F)(F)F. The maximum atomic E-state index is 12.0. The number of fused-ring (bicyclic) bond motifs is 1. The van der Waals surface area contributed by atoms with Gasteiger partial charge in [0.05, 0.1) is 30.8 Å². The molecule has 1 unspecified atom stereocenters. The van der Waals surface area contributed by atoms with Crippen LogP contribution >= 0.6 is 0 Å². The lowest BCUT2D eigenvalue weighted by Gasteiger charge is -2.33. The summed E-state index contributed by atoms with van der Waals surface area (Å²) in [5.41, 5.74) is 1.18. The molecule has 1 atom stereocenters. The van der Waals surface area contributed by atoms with Crippen molar-refractivity contribution >= 4 is 11.9 Å². The number of nitrogens with zero attached hydrogens (tertiary/aromatic N) is 3. The molecule has 0 aromatic carbocycles. The average Bonchev–Trinajstić information content (AvgIpc) is 3.50. The largest absolute Gasteiger partial charge is 0.490 e. The normalized spacial score (nSPS) is 16.0. The van der Waals surface area contributed by atoms with Crippen LogP contribution in [0.3, 0.4) is 0 Å². The zero-order valence-electron chi connectivity index (χ0n) is 16.8. The molecule has 32 heavy (non-hydrogen) atoms. The summed E-state index contributed by atoms with van der Waals surface area (Å²) in [6.07, 6.45) is 0.750. The van der Waals surface area contributed by atoms with Crippen molar-refractivity contribution in [3.05, 3.63) is 66.3 Å². The van der Waals surface area contributed by atoms with Crippen molar-refractivity contribution < 1.29 is 36.7 Å². The fourth-order valence-corrected chi connectivity index (χ4v) is 3.27. The molecule has 0 saturated carbocycles. The molecule has 1 aliphatic rings. The molecule has 0 aliphatic carbocycles. The minimum Gasteiger partial charge on any atom is -0.475 e. The lowest BCUT2D eigenvalue weighted by atomic mass is 10.1. The number of halogens is 3. The van der Waals surface area contributed by atoms with Crippen molar-refractivity contribution in [2.45, 2.75) is 31.7 Å². The standard InChI is InChI=1S/C18H20N4O3.C2HF3O2/c23-18(17-4-2-10-25-17)19-7-5-14-11-21(13-16-3-1-9-24-16)12-15-6-8-20-22(14)15;3-2(4,5)1(6)7/h1-4,6,8-10,14H,5,7,11-13H2,(H,19,23);(H,6,7). The van der Waals surface area contributed by atoms with Crippen LogP contribution in [0.5, 0.6) is 0 Å². The number of furan rings is 2. The predicted molar refractivity (Wildman–Crippen MR) is 103 cm³/mol. The number of hydrogen-bond donors (Lipinski definition) is 2. The number of carbonyl (C=O) groups excluding carboxylic acids is 1. The number of rotatable bonds is 6. The smallest absolute Gasteiger partial charge is 0.475 e. The highest BCUT2D eigenvalue weighted by molar-refractivity contribution is 5.91. The van der Waals surface area contributed by atoms with Gasteiger partial charge in [-0.15, -0.1) is 0 Å². The van der Waals surface area contributed by atoms with Crippen molar-refractivity contribution in [1.29, 1.82) is 0 Å². The van der Waals surface area contributed by atoms with Crippen molar-refractivity contribution in [2.24, 2.45) is 0 Å². The van der Waals surface area contributed by atoms with Crippen LogP contribution in [0.4, 0.5) is 13.2 Å². The van der Waals surface area contributed by atoms with Crippen molar-refractivity contribution in [2.75, 3.05) is 13.1 Å². The third-order valence-corrected chi connectivity index (χ3v) is 4.66. The quantitative estimate of drug-likeness (QED) is 0.588. The van der Waals surface area contributed by atoms with Gasteiger partial charge in [0.1, 0.15) is 5.76 Å². The molecule has 1 amide bonds. The minimum absolute atomic E-state index is 0.186. The first-order valence-electron chi connectivity index (χ1n) is 9.63. The summed E-state index contributed by atoms with van der Waals surface area (Å²) in [5, 5.41) is 14.5. The summed E-state index contributed by atoms with van der Waals surface area (Å²) in [6, 6.07) is 9.52. The molecule has 0 bridgehead atoms. The van der Waals surface area contributed by atoms with E-state index in [4.69, 9.17) is 18.7 Å². The molecular weight excluding hydrogens is 433 g/mol. The van der Waals surface area contributed by atoms with Crippen LogP contribution in [0.15, 0.2) is 57.9 Å². The number of amides is 1. The number of hydrogen-bond acceptors (Lipinski definition) is 6. The van der Waals surface area contributed by atoms with E-state index in [1.807, 2.05) is 24.4 Å². The van der Waals surface area contributed by atoms with Crippen molar-refractivity contribution in [3.63, 3.8) is 0 Å². The first kappa shape index (κ1) is 23.1. The van der Waals surface area contributed by atoms with Gasteiger partial charge in [0.25, 0.3) is 5.91 Å². The van der Waals surface area contributed by atoms with Crippen LogP contribution in [0.2, 0.25) is 0 Å². The van der Waals surface area contributed by atoms with E-state index in [1.165, 1.54) is 12.0 Å². The number of carboxylic acids is 1. The number of carbonyl (C=O) groups is 2. The highest BCUT2D eigenvalue weighted by Crippen LogP contribution is 2.24. The summed E-state index contributed by atoms with van der Waals surface area (Å²) in [5.74, 6) is -1.65. The first-order valence-corrected chi connectivity index (χ1v) is 9.63. The van der Waals surface area contributed by atoms with E-state index in [1.54, 1.807) is 18.4 Å². The Morgan fingerprint density at radius 1 is 1.19 bits per heavy atom. The van der Waals surface area contributed by atoms with E-state index in [0.717, 1.165) is 31.8 Å². The van der Waals surface area contributed by atoms with Gasteiger partial charge in [-0.25, -0.2) is 4.79 Å². The Hall–Kier alpha value is -3.54. The Morgan fingerprint density at radius 3 is 2.53 bits per heavy atom. The van der Waals surface area contributed by atoms with E-state index < -0.39 is 12.1 Å². The second kappa shape index (κ2) is 10.2. The summed E-state index contributed by atoms with van der Waals surface area (Å²) < 4.78 is 44.4. The second-order valence-corrected chi connectivity index (χ2v) is 6.99. The van der Waals surface area contributed by atoms with E-state index >= 15 is 0 Å². The van der Waals surface area contributed by atoms with Gasteiger partial charge in [-0.3, -0.25) is 14.4 Å². The lowest BCUT2D eigenvalue weighted by molar-refractivity contribution is -0.192. The molecule has 12 heteroatoms. The van der Waals surface area contributed by atoms with Gasteiger partial charge in [-0.2, -0.15) is 18.3 Å². The highest BCUT2D eigenvalue weighted by Gasteiger charge is 2.38. The molecule has 0 spiro atoms. The molecule has 172 valence electrons. The van der Waals surface area contributed by atoms with Crippen LogP contribution < -0.4 is 5.32 Å². The molecule has 4 heterocycles. The van der Waals surface area contributed by atoms with Gasteiger partial charge in [0.15, 0.2) is 5.76 Å². The molecule has 4 rings (SSSR count). The Balaban J connectivity index is 0.000000360. The van der Waals surface area contributed by atoms with Crippen LogP contribution in [0, 0.1) is 0 Å². The molecule has 2 N–H and O–H groups in total. The summed E-state index contributed by atoms with van der Waals surface area (Å²) in [6.45, 7) is 3.05. The van der Waals surface area contributed by atoms with Crippen LogP contribution in [-0.2, 0) is 17.9 Å². The topological polar surface area (TPSA) is 114 Å². The third kappa shape index (κ3) is 6.23. The maximum Gasteiger partial charge on any atom is 0.490 e. The van der Waals surface area contributed by atoms with Crippen LogP contribution in [-0.4, -0.2) is 50.9 Å². The Bertz CT molecular complexity index is 999. The number of aliphatic carboxylic acids is 1. The number of alkyl halides is 3. The highest BCUT2D eigenvalue weighted by atomic mass is 19.4. The second-order valence-electron chi connectivity index (χ2n) is 6.99. The Labute approximate surface area is 180 Å². The monoisotopic (exact) mass is 454 g/mol. The fourth-order valence-electron chi connectivity index (χ4n) is 3.27. The van der Waals surface area contributed by atoms with Crippen molar-refractivity contribution in [3.8, 4) is 0 Å². The number of aromatic nitrogens is 2. The molecule has 0 fully saturated rings. The fraction of sp³-hybridized carbons (Fsp3) is 0.350. The van der Waals surface area contributed by atoms with Crippen LogP contribution in [0.25, 0.3) is 0 Å². The number of carboxylic acid groups (broad SMARTS) is 1. The molecule has 0 saturated heterocycles. The molecule has 3 aromatic rings. The maximum absolute atomic E-state index is 12.0. The van der Waals surface area contributed by atoms with Gasteiger partial charge in [0, 0.05) is 25.8 Å². The van der Waals surface area contributed by atoms with E-state index in [0.29, 0.717) is 12.3 Å². The van der Waals surface area contributed by atoms with Crippen LogP contribution in [0.1, 0.15) is 34.5 Å². The summed E-state index contributed by atoms with van der Waals surface area (Å²) in [4.78, 5) is 23.2. The molecular formula is C20H21F3N4O5. The summed E-state index contributed by atoms with van der Waals surface area (Å²) in [7, 11) is 0. The van der Waals surface area contributed by atoms with E-state index in [-0.39, 0.29) is 11.9 Å². The predicted octanol–water partition coefficient (Wildman–Crippen LogP) is 3.08. The molecule has 1 aliphatic heterocycles. The zero-order valence-corrected chi connectivity index (χ0v) is 16.8. The number of nitrogens with one attached hydrogen (secondary N) is 1. The zero-order chi connectivity index (χ0) is 23.1.